The van der Waals surface area contributed by atoms with Crippen LogP contribution in [-0.4, -0.2) is 45.0 Å². The van der Waals surface area contributed by atoms with Crippen LogP contribution in [-0.2, 0) is 4.74 Å². The Balaban J connectivity index is 1.34. The molecule has 1 fully saturated rings. The molecule has 1 saturated heterocycles. The number of carbonyl (C=O) groups excluding carboxylic acids is 1. The Morgan fingerprint density at radius 1 is 1.12 bits per heavy atom. The van der Waals surface area contributed by atoms with E-state index in [1.807, 2.05) is 18.2 Å². The number of morpholine rings is 1. The fourth-order valence-corrected chi connectivity index (χ4v) is 3.06. The second-order valence-corrected chi connectivity index (χ2v) is 6.05. The average Bonchev–Trinajstić information content (AvgIpc) is 3.15. The summed E-state index contributed by atoms with van der Waals surface area (Å²) in [7, 11) is 0. The van der Waals surface area contributed by atoms with E-state index >= 15 is 0 Å². The number of hydrogen-bond acceptors (Lipinski definition) is 5. The minimum Gasteiger partial charge on any atom is -0.454 e. The Morgan fingerprint density at radius 3 is 2.84 bits per heavy atom. The standard InChI is InChI=1S/C19H20N2O4/c22-19(14-6-7-17-18(10-14)25-13-24-17)20-11-16-12-21(8-9-23-16)15-4-2-1-3-5-15/h1-7,10,16H,8-9,11-13H2,(H,20,22). The van der Waals surface area contributed by atoms with E-state index in [2.05, 4.69) is 22.3 Å². The van der Waals surface area contributed by atoms with E-state index in [0.717, 1.165) is 13.1 Å². The highest BCUT2D eigenvalue weighted by Gasteiger charge is 2.22. The first-order chi connectivity index (χ1) is 12.3. The van der Waals surface area contributed by atoms with E-state index in [-0.39, 0.29) is 18.8 Å². The lowest BCUT2D eigenvalue weighted by Crippen LogP contribution is -2.47. The van der Waals surface area contributed by atoms with E-state index in [1.54, 1.807) is 18.2 Å². The number of carbonyl (C=O) groups is 1. The molecule has 4 rings (SSSR count). The monoisotopic (exact) mass is 340 g/mol. The van der Waals surface area contributed by atoms with Crippen molar-refractivity contribution in [3.8, 4) is 11.5 Å². The van der Waals surface area contributed by atoms with Crippen LogP contribution >= 0.6 is 0 Å². The number of para-hydroxylation sites is 1. The maximum absolute atomic E-state index is 12.4. The molecule has 0 aromatic heterocycles. The van der Waals surface area contributed by atoms with Crippen LogP contribution in [0, 0.1) is 0 Å². The predicted octanol–water partition coefficient (Wildman–Crippen LogP) is 2.05. The van der Waals surface area contributed by atoms with Crippen molar-refractivity contribution in [2.75, 3.05) is 37.9 Å². The summed E-state index contributed by atoms with van der Waals surface area (Å²) in [6.07, 6.45) is -0.0353. The van der Waals surface area contributed by atoms with Crippen LogP contribution < -0.4 is 19.7 Å². The van der Waals surface area contributed by atoms with Gasteiger partial charge in [-0.1, -0.05) is 18.2 Å². The molecule has 1 unspecified atom stereocenters. The van der Waals surface area contributed by atoms with Crippen molar-refractivity contribution >= 4 is 11.6 Å². The van der Waals surface area contributed by atoms with Gasteiger partial charge in [0.25, 0.3) is 5.91 Å². The maximum Gasteiger partial charge on any atom is 0.251 e. The third-order valence-electron chi connectivity index (χ3n) is 4.39. The highest BCUT2D eigenvalue weighted by Crippen LogP contribution is 2.32. The van der Waals surface area contributed by atoms with E-state index in [9.17, 15) is 4.79 Å². The highest BCUT2D eigenvalue weighted by molar-refractivity contribution is 5.94. The molecule has 0 saturated carbocycles. The summed E-state index contributed by atoms with van der Waals surface area (Å²) in [5.41, 5.74) is 1.73. The van der Waals surface area contributed by atoms with Gasteiger partial charge in [-0.2, -0.15) is 0 Å². The number of anilines is 1. The van der Waals surface area contributed by atoms with Crippen LogP contribution in [0.15, 0.2) is 48.5 Å². The minimum absolute atomic E-state index is 0.0353. The van der Waals surface area contributed by atoms with E-state index in [1.165, 1.54) is 5.69 Å². The average molecular weight is 340 g/mol. The van der Waals surface area contributed by atoms with Crippen molar-refractivity contribution in [1.82, 2.24) is 5.32 Å². The smallest absolute Gasteiger partial charge is 0.251 e. The van der Waals surface area contributed by atoms with Crippen LogP contribution in [0.1, 0.15) is 10.4 Å². The summed E-state index contributed by atoms with van der Waals surface area (Å²) < 4.78 is 16.4. The van der Waals surface area contributed by atoms with Crippen molar-refractivity contribution in [2.24, 2.45) is 0 Å². The molecule has 6 nitrogen and oxygen atoms in total. The number of amides is 1. The zero-order valence-electron chi connectivity index (χ0n) is 13.8. The zero-order chi connectivity index (χ0) is 17.1. The highest BCUT2D eigenvalue weighted by atomic mass is 16.7. The van der Waals surface area contributed by atoms with E-state index in [0.29, 0.717) is 30.2 Å². The van der Waals surface area contributed by atoms with Gasteiger partial charge in [0.05, 0.1) is 12.7 Å². The van der Waals surface area contributed by atoms with Gasteiger partial charge < -0.3 is 24.4 Å². The SMILES string of the molecule is O=C(NCC1CN(c2ccccc2)CCO1)c1ccc2c(c1)OCO2. The Morgan fingerprint density at radius 2 is 1.96 bits per heavy atom. The Bertz CT molecular complexity index is 750. The van der Waals surface area contributed by atoms with Gasteiger partial charge in [0.2, 0.25) is 6.79 Å². The molecule has 0 radical (unpaired) electrons. The summed E-state index contributed by atoms with van der Waals surface area (Å²) in [6, 6.07) is 15.4. The fourth-order valence-electron chi connectivity index (χ4n) is 3.06. The van der Waals surface area contributed by atoms with Crippen LogP contribution in [0.3, 0.4) is 0 Å². The zero-order valence-corrected chi connectivity index (χ0v) is 13.8. The normalized spacial score (nSPS) is 18.9. The van der Waals surface area contributed by atoms with Crippen LogP contribution in [0.25, 0.3) is 0 Å². The van der Waals surface area contributed by atoms with Gasteiger partial charge in [-0.25, -0.2) is 0 Å². The van der Waals surface area contributed by atoms with E-state index in [4.69, 9.17) is 14.2 Å². The molecule has 2 aromatic carbocycles. The molecule has 25 heavy (non-hydrogen) atoms. The van der Waals surface area contributed by atoms with Crippen molar-refractivity contribution in [1.29, 1.82) is 0 Å². The molecule has 6 heteroatoms. The molecule has 130 valence electrons. The Labute approximate surface area is 146 Å². The summed E-state index contributed by atoms with van der Waals surface area (Å²) in [5.74, 6) is 1.14. The number of ether oxygens (including phenoxy) is 3. The number of benzene rings is 2. The van der Waals surface area contributed by atoms with Crippen molar-refractivity contribution in [3.05, 3.63) is 54.1 Å². The third kappa shape index (κ3) is 3.53. The quantitative estimate of drug-likeness (QED) is 0.923. The van der Waals surface area contributed by atoms with Crippen LogP contribution in [0.4, 0.5) is 5.69 Å². The lowest BCUT2D eigenvalue weighted by Gasteiger charge is -2.34. The second-order valence-electron chi connectivity index (χ2n) is 6.05. The van der Waals surface area contributed by atoms with Gasteiger partial charge in [-0.15, -0.1) is 0 Å². The van der Waals surface area contributed by atoms with Gasteiger partial charge in [0, 0.05) is 30.9 Å². The molecule has 1 atom stereocenters. The summed E-state index contributed by atoms with van der Waals surface area (Å²) in [6.45, 7) is 2.93. The number of hydrogen-bond donors (Lipinski definition) is 1. The number of rotatable bonds is 4. The van der Waals surface area contributed by atoms with Gasteiger partial charge in [0.1, 0.15) is 0 Å². The van der Waals surface area contributed by atoms with Crippen molar-refractivity contribution in [2.45, 2.75) is 6.10 Å². The number of nitrogens with zero attached hydrogens (tertiary/aromatic N) is 1. The molecule has 1 amide bonds. The first-order valence-electron chi connectivity index (χ1n) is 8.39. The second kappa shape index (κ2) is 7.03. The molecular formula is C19H20N2O4. The molecule has 0 bridgehead atoms. The van der Waals surface area contributed by atoms with Gasteiger partial charge in [0.15, 0.2) is 11.5 Å². The third-order valence-corrected chi connectivity index (χ3v) is 4.39. The molecule has 2 aliphatic rings. The first kappa shape index (κ1) is 15.8. The number of fused-ring (bicyclic) bond motifs is 1. The molecule has 2 heterocycles. The lowest BCUT2D eigenvalue weighted by atomic mass is 10.1. The van der Waals surface area contributed by atoms with Crippen LogP contribution in [0.5, 0.6) is 11.5 Å². The summed E-state index contributed by atoms with van der Waals surface area (Å²) in [5, 5.41) is 2.94. The maximum atomic E-state index is 12.4. The van der Waals surface area contributed by atoms with Gasteiger partial charge in [-0.05, 0) is 30.3 Å². The molecule has 1 N–H and O–H groups in total. The Hall–Kier alpha value is -2.73. The van der Waals surface area contributed by atoms with E-state index < -0.39 is 0 Å². The molecule has 0 spiro atoms. The first-order valence-corrected chi connectivity index (χ1v) is 8.39. The van der Waals surface area contributed by atoms with Crippen molar-refractivity contribution in [3.63, 3.8) is 0 Å². The number of nitrogens with one attached hydrogen (secondary N) is 1. The molecular weight excluding hydrogens is 320 g/mol. The predicted molar refractivity (Wildman–Crippen MR) is 93.3 cm³/mol. The largest absolute Gasteiger partial charge is 0.454 e. The summed E-state index contributed by atoms with van der Waals surface area (Å²) in [4.78, 5) is 14.6. The van der Waals surface area contributed by atoms with Crippen molar-refractivity contribution < 1.29 is 19.0 Å². The molecule has 2 aromatic rings. The van der Waals surface area contributed by atoms with Crippen LogP contribution in [0.2, 0.25) is 0 Å². The van der Waals surface area contributed by atoms with Gasteiger partial charge >= 0.3 is 0 Å². The Kier molecular flexibility index (Phi) is 4.43. The fraction of sp³-hybridized carbons (Fsp3) is 0.316. The topological polar surface area (TPSA) is 60.0 Å². The van der Waals surface area contributed by atoms with Gasteiger partial charge in [-0.3, -0.25) is 4.79 Å². The summed E-state index contributed by atoms with van der Waals surface area (Å²) >= 11 is 0. The lowest BCUT2D eigenvalue weighted by molar-refractivity contribution is 0.0397. The molecule has 2 aliphatic heterocycles. The minimum atomic E-state index is -0.140. The molecule has 0 aliphatic carbocycles.